The van der Waals surface area contributed by atoms with Crippen molar-refractivity contribution < 1.29 is 4.79 Å². The van der Waals surface area contributed by atoms with Gasteiger partial charge in [0.1, 0.15) is 0 Å². The van der Waals surface area contributed by atoms with Crippen LogP contribution >= 0.6 is 0 Å². The van der Waals surface area contributed by atoms with E-state index < -0.39 is 0 Å². The van der Waals surface area contributed by atoms with E-state index in [1.807, 2.05) is 32.8 Å². The summed E-state index contributed by atoms with van der Waals surface area (Å²) in [6.45, 7) is 7.16. The minimum atomic E-state index is 0.0388. The molecule has 0 radical (unpaired) electrons. The molecule has 0 heterocycles. The normalized spacial score (nSPS) is 8.55. The predicted octanol–water partition coefficient (Wildman–Crippen LogP) is 0.710. The van der Waals surface area contributed by atoms with E-state index in [9.17, 15) is 4.79 Å². The molecule has 0 aromatic heterocycles. The van der Waals surface area contributed by atoms with Crippen LogP contribution in [0, 0.1) is 0 Å². The van der Waals surface area contributed by atoms with Gasteiger partial charge in [-0.3, -0.25) is 4.79 Å². The maximum atomic E-state index is 10.3. The van der Waals surface area contributed by atoms with Gasteiger partial charge in [-0.25, -0.2) is 0 Å². The second-order valence-electron chi connectivity index (χ2n) is 2.29. The van der Waals surface area contributed by atoms with E-state index in [2.05, 4.69) is 5.32 Å². The lowest BCUT2D eigenvalue weighted by molar-refractivity contribution is -0.118. The summed E-state index contributed by atoms with van der Waals surface area (Å²) in [6, 6.07) is 0. The third kappa shape index (κ3) is 17.7. The molecule has 68 valence electrons. The van der Waals surface area contributed by atoms with Crippen LogP contribution in [0.25, 0.3) is 0 Å². The second kappa shape index (κ2) is 9.43. The molecule has 0 aromatic rings. The smallest absolute Gasteiger partial charge is 0.216 e. The summed E-state index contributed by atoms with van der Waals surface area (Å²) in [5.74, 6) is 0.0388. The molecule has 1 amide bonds. The lowest BCUT2D eigenvalue weighted by atomic mass is 10.5. The van der Waals surface area contributed by atoms with Gasteiger partial charge >= 0.3 is 0 Å². The Hall–Kier alpha value is -0.570. The van der Waals surface area contributed by atoms with Crippen LogP contribution < -0.4 is 5.32 Å². The Morgan fingerprint density at radius 2 is 1.82 bits per heavy atom. The van der Waals surface area contributed by atoms with Crippen LogP contribution in [0.5, 0.6) is 0 Å². The van der Waals surface area contributed by atoms with E-state index in [1.54, 1.807) is 0 Å². The fourth-order valence-electron chi connectivity index (χ4n) is 0.456. The molecule has 0 bridgehead atoms. The van der Waals surface area contributed by atoms with Crippen LogP contribution in [0.3, 0.4) is 0 Å². The SMILES string of the molecule is CC.CC(=O)NCCN(C)C. The van der Waals surface area contributed by atoms with Gasteiger partial charge in [0.05, 0.1) is 0 Å². The maximum Gasteiger partial charge on any atom is 0.216 e. The summed E-state index contributed by atoms with van der Waals surface area (Å²) >= 11 is 0. The molecule has 0 aliphatic carbocycles. The molecule has 0 unspecified atom stereocenters. The highest BCUT2D eigenvalue weighted by Gasteiger charge is 1.90. The first-order valence-electron chi connectivity index (χ1n) is 4.02. The van der Waals surface area contributed by atoms with Gasteiger partial charge in [-0.15, -0.1) is 0 Å². The zero-order valence-electron chi connectivity index (χ0n) is 8.27. The van der Waals surface area contributed by atoms with Crippen LogP contribution in [0.4, 0.5) is 0 Å². The van der Waals surface area contributed by atoms with Crippen LogP contribution in [0.2, 0.25) is 0 Å². The number of hydrogen-bond donors (Lipinski definition) is 1. The number of nitrogens with one attached hydrogen (secondary N) is 1. The Bertz CT molecular complexity index is 92.1. The molecule has 3 nitrogen and oxygen atoms in total. The third-order valence-electron chi connectivity index (χ3n) is 0.933. The number of nitrogens with zero attached hydrogens (tertiary/aromatic N) is 1. The fraction of sp³-hybridized carbons (Fsp3) is 0.875. The topological polar surface area (TPSA) is 32.3 Å². The van der Waals surface area contributed by atoms with Crippen LogP contribution in [-0.4, -0.2) is 38.0 Å². The first-order chi connectivity index (χ1) is 5.13. The van der Waals surface area contributed by atoms with E-state index in [-0.39, 0.29) is 5.91 Å². The Labute approximate surface area is 69.8 Å². The predicted molar refractivity (Wildman–Crippen MR) is 48.6 cm³/mol. The van der Waals surface area contributed by atoms with E-state index in [0.29, 0.717) is 0 Å². The summed E-state index contributed by atoms with van der Waals surface area (Å²) in [5.41, 5.74) is 0. The number of carbonyl (C=O) groups excluding carboxylic acids is 1. The van der Waals surface area contributed by atoms with Crippen molar-refractivity contribution in [1.82, 2.24) is 10.2 Å². The molecule has 0 spiro atoms. The van der Waals surface area contributed by atoms with Crippen molar-refractivity contribution >= 4 is 5.91 Å². The molecule has 3 heteroatoms. The highest BCUT2D eigenvalue weighted by molar-refractivity contribution is 5.72. The highest BCUT2D eigenvalue weighted by atomic mass is 16.1. The number of rotatable bonds is 3. The summed E-state index contributed by atoms with van der Waals surface area (Å²) in [4.78, 5) is 12.3. The van der Waals surface area contributed by atoms with Gasteiger partial charge in [-0.1, -0.05) is 13.8 Å². The summed E-state index contributed by atoms with van der Waals surface area (Å²) in [5, 5.41) is 2.70. The Balaban J connectivity index is 0. The van der Waals surface area contributed by atoms with Crippen molar-refractivity contribution in [3.63, 3.8) is 0 Å². The van der Waals surface area contributed by atoms with E-state index in [4.69, 9.17) is 0 Å². The molecule has 1 N–H and O–H groups in total. The zero-order chi connectivity index (χ0) is 9.28. The lowest BCUT2D eigenvalue weighted by Gasteiger charge is -2.08. The quantitative estimate of drug-likeness (QED) is 0.659. The van der Waals surface area contributed by atoms with Gasteiger partial charge in [0.2, 0.25) is 5.91 Å². The van der Waals surface area contributed by atoms with Gasteiger partial charge in [0.25, 0.3) is 0 Å². The summed E-state index contributed by atoms with van der Waals surface area (Å²) in [7, 11) is 3.95. The van der Waals surface area contributed by atoms with Crippen LogP contribution in [-0.2, 0) is 4.79 Å². The fourth-order valence-corrected chi connectivity index (χ4v) is 0.456. The molecule has 0 aliphatic rings. The van der Waals surface area contributed by atoms with E-state index in [0.717, 1.165) is 13.1 Å². The largest absolute Gasteiger partial charge is 0.355 e. The number of carbonyl (C=O) groups is 1. The van der Waals surface area contributed by atoms with E-state index in [1.165, 1.54) is 6.92 Å². The molecule has 0 atom stereocenters. The van der Waals surface area contributed by atoms with Gasteiger partial charge < -0.3 is 10.2 Å². The standard InChI is InChI=1S/C6H14N2O.C2H6/c1-6(9)7-4-5-8(2)3;1-2/h4-5H2,1-3H3,(H,7,9);1-2H3. The minimum Gasteiger partial charge on any atom is -0.355 e. The maximum absolute atomic E-state index is 10.3. The van der Waals surface area contributed by atoms with Crippen LogP contribution in [0.15, 0.2) is 0 Å². The monoisotopic (exact) mass is 160 g/mol. The van der Waals surface area contributed by atoms with Crippen molar-refractivity contribution in [2.75, 3.05) is 27.2 Å². The molecule has 0 rings (SSSR count). The van der Waals surface area contributed by atoms with Crippen molar-refractivity contribution in [3.8, 4) is 0 Å². The van der Waals surface area contributed by atoms with Crippen LogP contribution in [0.1, 0.15) is 20.8 Å². The average Bonchev–Trinajstić information content (AvgIpc) is 1.90. The molecule has 0 saturated heterocycles. The van der Waals surface area contributed by atoms with Gasteiger partial charge in [-0.2, -0.15) is 0 Å². The van der Waals surface area contributed by atoms with Gasteiger partial charge in [0, 0.05) is 20.0 Å². The number of likely N-dealkylation sites (N-methyl/N-ethyl adjacent to an activating group) is 1. The number of amides is 1. The van der Waals surface area contributed by atoms with Crippen molar-refractivity contribution in [2.45, 2.75) is 20.8 Å². The number of hydrogen-bond acceptors (Lipinski definition) is 2. The highest BCUT2D eigenvalue weighted by Crippen LogP contribution is 1.69. The zero-order valence-corrected chi connectivity index (χ0v) is 8.27. The van der Waals surface area contributed by atoms with Gasteiger partial charge in [-0.05, 0) is 14.1 Å². The third-order valence-corrected chi connectivity index (χ3v) is 0.933. The Morgan fingerprint density at radius 3 is 2.09 bits per heavy atom. The average molecular weight is 160 g/mol. The van der Waals surface area contributed by atoms with Crippen molar-refractivity contribution in [3.05, 3.63) is 0 Å². The lowest BCUT2D eigenvalue weighted by Crippen LogP contribution is -2.29. The molecular formula is C8H20N2O. The minimum absolute atomic E-state index is 0.0388. The second-order valence-corrected chi connectivity index (χ2v) is 2.29. The summed E-state index contributed by atoms with van der Waals surface area (Å²) in [6.07, 6.45) is 0. The van der Waals surface area contributed by atoms with Crippen molar-refractivity contribution in [1.29, 1.82) is 0 Å². The molecule has 0 fully saturated rings. The molecule has 11 heavy (non-hydrogen) atoms. The molecule has 0 saturated carbocycles. The Morgan fingerprint density at radius 1 is 1.36 bits per heavy atom. The first kappa shape index (κ1) is 13.1. The molecule has 0 aliphatic heterocycles. The van der Waals surface area contributed by atoms with Crippen molar-refractivity contribution in [2.24, 2.45) is 0 Å². The Kier molecular flexibility index (Phi) is 11.2. The molecular weight excluding hydrogens is 140 g/mol. The summed E-state index contributed by atoms with van der Waals surface area (Å²) < 4.78 is 0. The molecule has 0 aromatic carbocycles. The van der Waals surface area contributed by atoms with E-state index >= 15 is 0 Å². The van der Waals surface area contributed by atoms with Gasteiger partial charge in [0.15, 0.2) is 0 Å². The first-order valence-corrected chi connectivity index (χ1v) is 4.02.